The number of rotatable bonds is 34. The molecule has 4 fully saturated rings. The number of aromatic nitrogens is 12. The summed E-state index contributed by atoms with van der Waals surface area (Å²) in [4.78, 5) is 65.1. The number of benzene rings is 8. The van der Waals surface area contributed by atoms with Gasteiger partial charge in [0.1, 0.15) is 34.7 Å². The van der Waals surface area contributed by atoms with E-state index in [0.29, 0.717) is 97.3 Å². The van der Waals surface area contributed by atoms with Crippen molar-refractivity contribution in [1.82, 2.24) is 80.0 Å². The van der Waals surface area contributed by atoms with Gasteiger partial charge in [-0.1, -0.05) is 214 Å². The van der Waals surface area contributed by atoms with E-state index in [4.69, 9.17) is 33.9 Å². The SMILES string of the molecule is CCC(=O)c1ccc(-c2cc(NC(=O)N[C@@H]3C[C@@H](CCOC)C[C@H]3c3ccccc3)n(C)n2)cc1.CCOc1nn(-c2ccccc2)c(NC(=O)N[C@@H]2C[C@@H](CCOC)C[C@H]2c2ccccc2)c1C.COCC[C@@H]1C[C@@H](NC(=O)Nc2c(C)c(-c3cnn(C)c3)nn2-c2ccccc2)[C@H](c2ccccc2)[C@@H]1C.COCC[C@]1(O)C[C@@H](NC(=O)Nc2c(C)c(-c3cnn(C)c3)nn2-c2ccccc2)[C@H](c2ccccc2)C1. The topological polar surface area (TPSA) is 355 Å². The number of aliphatic hydroxyl groups is 1. The quantitative estimate of drug-likeness (QED) is 0.0169. The van der Waals surface area contributed by atoms with Gasteiger partial charge in [0.25, 0.3) is 0 Å². The van der Waals surface area contributed by atoms with E-state index in [-0.39, 0.29) is 77.7 Å². The zero-order chi connectivity index (χ0) is 102. The number of para-hydroxylation sites is 3. The van der Waals surface area contributed by atoms with E-state index in [9.17, 15) is 29.1 Å². The van der Waals surface area contributed by atoms with Crippen molar-refractivity contribution in [3.8, 4) is 56.7 Å². The zero-order valence-corrected chi connectivity index (χ0v) is 85.2. The summed E-state index contributed by atoms with van der Waals surface area (Å²) in [5.41, 5.74) is 14.6. The summed E-state index contributed by atoms with van der Waals surface area (Å²) in [6, 6.07) is 78.8. The van der Waals surface area contributed by atoms with E-state index in [1.54, 1.807) is 76.0 Å². The normalized spacial score (nSPS) is 20.3. The highest BCUT2D eigenvalue weighted by Crippen LogP contribution is 2.48. The molecule has 0 radical (unpaired) electrons. The van der Waals surface area contributed by atoms with Crippen molar-refractivity contribution < 1.29 is 52.8 Å². The van der Waals surface area contributed by atoms with Gasteiger partial charge in [0.15, 0.2) is 5.78 Å². The first kappa shape index (κ1) is 105. The minimum atomic E-state index is -0.913. The second-order valence-electron chi connectivity index (χ2n) is 38.4. The largest absolute Gasteiger partial charge is 0.477 e. The summed E-state index contributed by atoms with van der Waals surface area (Å²) < 4.78 is 37.3. The van der Waals surface area contributed by atoms with Gasteiger partial charge in [0.05, 0.1) is 52.9 Å². The molecule has 13 atom stereocenters. The lowest BCUT2D eigenvalue weighted by Crippen LogP contribution is -2.41. The van der Waals surface area contributed by atoms with E-state index < -0.39 is 5.60 Å². The van der Waals surface area contributed by atoms with Crippen LogP contribution in [0.25, 0.3) is 50.8 Å². The Balaban J connectivity index is 0.000000145. The molecule has 31 nitrogen and oxygen atoms in total. The molecule has 0 aliphatic heterocycles. The molecule has 4 saturated carbocycles. The van der Waals surface area contributed by atoms with Crippen LogP contribution in [-0.2, 0) is 40.1 Å². The Hall–Kier alpha value is -14.6. The highest BCUT2D eigenvalue weighted by molar-refractivity contribution is 5.97. The number of urea groups is 4. The Labute approximate surface area is 849 Å². The Bertz CT molecular complexity index is 6370. The molecule has 760 valence electrons. The van der Waals surface area contributed by atoms with Crippen LogP contribution in [0.4, 0.5) is 42.4 Å². The smallest absolute Gasteiger partial charge is 0.320 e. The van der Waals surface area contributed by atoms with Crippen molar-refractivity contribution in [3.05, 3.63) is 312 Å². The van der Waals surface area contributed by atoms with Crippen molar-refractivity contribution in [2.45, 2.75) is 172 Å². The number of carbonyl (C=O) groups excluding carboxylic acids is 5. The maximum absolute atomic E-state index is 13.6. The molecule has 6 heterocycles. The number of aryl methyl sites for hydroxylation is 3. The minimum absolute atomic E-state index is 0.0143. The third kappa shape index (κ3) is 26.5. The number of anilines is 4. The number of hydrogen-bond donors (Lipinski definition) is 9. The molecule has 18 rings (SSSR count). The lowest BCUT2D eigenvalue weighted by molar-refractivity contribution is 0.0119. The first-order chi connectivity index (χ1) is 70.4. The highest BCUT2D eigenvalue weighted by Gasteiger charge is 2.47. The van der Waals surface area contributed by atoms with Crippen LogP contribution >= 0.6 is 0 Å². The van der Waals surface area contributed by atoms with Crippen LogP contribution in [0.1, 0.15) is 171 Å². The van der Waals surface area contributed by atoms with Crippen LogP contribution in [0.5, 0.6) is 5.88 Å². The van der Waals surface area contributed by atoms with Crippen molar-refractivity contribution in [2.75, 3.05) is 82.7 Å². The molecule has 9 N–H and O–H groups in total. The zero-order valence-electron chi connectivity index (χ0n) is 85.2. The molecule has 0 spiro atoms. The van der Waals surface area contributed by atoms with Crippen LogP contribution in [0.15, 0.2) is 267 Å². The first-order valence-corrected chi connectivity index (χ1v) is 50.3. The van der Waals surface area contributed by atoms with E-state index in [1.807, 2.05) is 231 Å². The average molecular weight is 1960 g/mol. The minimum Gasteiger partial charge on any atom is -0.477 e. The van der Waals surface area contributed by atoms with E-state index in [1.165, 1.54) is 16.7 Å². The molecule has 0 bridgehead atoms. The third-order valence-electron chi connectivity index (χ3n) is 28.6. The predicted molar refractivity (Wildman–Crippen MR) is 567 cm³/mol. The van der Waals surface area contributed by atoms with Gasteiger partial charge in [0, 0.05) is 182 Å². The molecule has 14 aromatic rings. The summed E-state index contributed by atoms with van der Waals surface area (Å²) in [6.45, 7) is 15.1. The first-order valence-electron chi connectivity index (χ1n) is 50.3. The molecule has 8 amide bonds. The fraction of sp³-hybridized carbons (Fsp3) is 0.377. The second kappa shape index (κ2) is 50.1. The van der Waals surface area contributed by atoms with Crippen LogP contribution in [0, 0.1) is 44.4 Å². The van der Waals surface area contributed by atoms with Crippen LogP contribution in [-0.4, -0.2) is 185 Å². The molecule has 0 saturated heterocycles. The van der Waals surface area contributed by atoms with E-state index >= 15 is 0 Å². The summed E-state index contributed by atoms with van der Waals surface area (Å²) in [7, 11) is 12.4. The second-order valence-corrected chi connectivity index (χ2v) is 38.4. The fourth-order valence-electron chi connectivity index (χ4n) is 21.1. The van der Waals surface area contributed by atoms with Gasteiger partial charge in [-0.2, -0.15) is 25.5 Å². The Kier molecular flexibility index (Phi) is 36.1. The number of ketones is 1. The Morgan fingerprint density at radius 2 is 0.821 bits per heavy atom. The summed E-state index contributed by atoms with van der Waals surface area (Å²) in [5, 5.41) is 64.0. The molecule has 0 unspecified atom stereocenters. The van der Waals surface area contributed by atoms with Crippen molar-refractivity contribution in [3.63, 3.8) is 0 Å². The average Bonchev–Trinajstić information content (AvgIpc) is 1.63. The van der Waals surface area contributed by atoms with Gasteiger partial charge >= 0.3 is 24.1 Å². The lowest BCUT2D eigenvalue weighted by atomic mass is 9.84. The number of ether oxygens (including phenoxy) is 5. The molecule has 8 aromatic carbocycles. The van der Waals surface area contributed by atoms with Crippen LogP contribution in [0.3, 0.4) is 0 Å². The Morgan fingerprint density at radius 1 is 0.421 bits per heavy atom. The molecule has 4 aliphatic rings. The Morgan fingerprint density at radius 3 is 1.25 bits per heavy atom. The van der Waals surface area contributed by atoms with Crippen molar-refractivity contribution in [2.24, 2.45) is 44.8 Å². The predicted octanol–water partition coefficient (Wildman–Crippen LogP) is 20.7. The lowest BCUT2D eigenvalue weighted by Gasteiger charge is -2.25. The molecule has 31 heteroatoms. The number of amides is 8. The number of nitrogens with zero attached hydrogens (tertiary/aromatic N) is 12. The van der Waals surface area contributed by atoms with Gasteiger partial charge in [-0.15, -0.1) is 5.10 Å². The summed E-state index contributed by atoms with van der Waals surface area (Å²) in [5.74, 6) is 5.74. The molecular weight excluding hydrogens is 1830 g/mol. The van der Waals surface area contributed by atoms with Crippen LogP contribution in [0.2, 0.25) is 0 Å². The van der Waals surface area contributed by atoms with Crippen molar-refractivity contribution >= 4 is 53.2 Å². The number of carbonyl (C=O) groups is 5. The molecular formula is C114H138N20O11. The van der Waals surface area contributed by atoms with Gasteiger partial charge in [0.2, 0.25) is 5.88 Å². The van der Waals surface area contributed by atoms with E-state index in [0.717, 1.165) is 144 Å². The van der Waals surface area contributed by atoms with Crippen molar-refractivity contribution in [1.29, 1.82) is 0 Å². The maximum Gasteiger partial charge on any atom is 0.320 e. The third-order valence-corrected chi connectivity index (χ3v) is 28.6. The van der Waals surface area contributed by atoms with E-state index in [2.05, 4.69) is 143 Å². The highest BCUT2D eigenvalue weighted by atomic mass is 16.5. The van der Waals surface area contributed by atoms with Gasteiger partial charge in [-0.05, 0) is 181 Å². The fourth-order valence-corrected chi connectivity index (χ4v) is 21.1. The molecule has 6 aromatic heterocycles. The molecule has 4 aliphatic carbocycles. The summed E-state index contributed by atoms with van der Waals surface area (Å²) >= 11 is 0. The monoisotopic (exact) mass is 1960 g/mol. The van der Waals surface area contributed by atoms with Crippen LogP contribution < -0.4 is 47.3 Å². The summed E-state index contributed by atoms with van der Waals surface area (Å²) in [6.07, 6.45) is 17.2. The number of methoxy groups -OCH3 is 4. The number of nitrogens with one attached hydrogen (secondary N) is 8. The number of hydrogen-bond acceptors (Lipinski definition) is 17. The van der Waals surface area contributed by atoms with Gasteiger partial charge in [-0.3, -0.25) is 40.1 Å². The molecule has 145 heavy (non-hydrogen) atoms. The standard InChI is InChI=1S/C30H36N6O2.C29H34N6O3.C28H34N4O3.C27H34N4O3/c1-20-23(15-16-38-4)17-26(27(20)22-11-7-5-8-12-22)32-30(37)33-29-21(2)28(24-18-31-35(3)19-24)34-36(29)25-13-9-6-10-14-25;1-20-26(22-18-30-34(2)19-22)33-35(23-12-8-5-9-13-23)27(20)32-28(36)31-25-17-29(37,14-15-38-3)16-24(25)21-10-6-4-7-11-21;1-4-26(33)22-12-10-21(11-13-22)24-18-27(32(2)31-24)30-28(34)29-25-17-19(14-15-35-3)16-23(25)20-8-6-5-7-9-20;1-4-34-26-19(2)25(31(30-26)22-13-9-6-10-14-22)29-27(32)28-24-18-20(15-16-33-3)17-23(24)21-11-7-5-8-12-21/h5-14,18-20,23,26-27H,15-17H2,1-4H3,(H2,32,33,37);4-13,18-19,24-25,37H,14-17H2,1-3H3,(H2,31,32,36);5-13,18-19,23,25H,4,14-17H2,1-3H3,(H2,29,30,34);5-14,20,23-24H,4,15-18H2,1-3H3,(H2,28,29,32)/t20-,23-,26-,27+;24-,25+,29+;19-,23-,25+;20-,23-,24+/m1000/s1. The van der Waals surface area contributed by atoms with Gasteiger partial charge < -0.3 is 50.1 Å². The maximum atomic E-state index is 13.6. The number of Topliss-reactive ketones (excluding diaryl/α,β-unsaturated/α-hetero) is 1. The van der Waals surface area contributed by atoms with Gasteiger partial charge in [-0.25, -0.2) is 33.2 Å².